The van der Waals surface area contributed by atoms with Gasteiger partial charge in [0.15, 0.2) is 0 Å². The number of aliphatic hydroxyl groups is 1. The number of phenols is 1. The van der Waals surface area contributed by atoms with Crippen molar-refractivity contribution >= 4 is 19.0 Å². The Morgan fingerprint density at radius 1 is 1.00 bits per heavy atom. The van der Waals surface area contributed by atoms with Crippen LogP contribution in [0, 0.1) is 0 Å². The number of carbonyl (C=O) groups is 2. The summed E-state index contributed by atoms with van der Waals surface area (Å²) in [6, 6.07) is 10.9. The predicted molar refractivity (Wildman–Crippen MR) is 118 cm³/mol. The first-order valence-corrected chi connectivity index (χ1v) is 11.8. The molecule has 0 unspecified atom stereocenters. The third-order valence-corrected chi connectivity index (χ3v) is 5.45. The fourth-order valence-electron chi connectivity index (χ4n) is 2.99. The SMILES string of the molecule is O=C(CCCCCOc1ccc(Cc2cc(C(=O)P(=O)(O)O)ccc2O)cc1)NCCO. The fourth-order valence-corrected chi connectivity index (χ4v) is 3.47. The van der Waals surface area contributed by atoms with Crippen LogP contribution in [0.2, 0.25) is 0 Å². The number of aromatic hydroxyl groups is 1. The van der Waals surface area contributed by atoms with Crippen molar-refractivity contribution in [2.45, 2.75) is 32.1 Å². The Kier molecular flexibility index (Phi) is 9.87. The molecule has 174 valence electrons. The maximum absolute atomic E-state index is 11.8. The van der Waals surface area contributed by atoms with E-state index in [2.05, 4.69) is 5.32 Å². The summed E-state index contributed by atoms with van der Waals surface area (Å²) >= 11 is 0. The molecular weight excluding hydrogens is 437 g/mol. The van der Waals surface area contributed by atoms with E-state index in [4.69, 9.17) is 19.6 Å². The zero-order valence-electron chi connectivity index (χ0n) is 17.6. The van der Waals surface area contributed by atoms with E-state index in [9.17, 15) is 19.3 Å². The van der Waals surface area contributed by atoms with Crippen molar-refractivity contribution in [3.8, 4) is 11.5 Å². The summed E-state index contributed by atoms with van der Waals surface area (Å²) in [7, 11) is -4.90. The molecule has 0 fully saturated rings. The van der Waals surface area contributed by atoms with Crippen LogP contribution in [0.5, 0.6) is 11.5 Å². The Hall–Kier alpha value is -2.71. The molecule has 32 heavy (non-hydrogen) atoms. The highest BCUT2D eigenvalue weighted by molar-refractivity contribution is 7.70. The lowest BCUT2D eigenvalue weighted by atomic mass is 10.0. The molecule has 0 atom stereocenters. The van der Waals surface area contributed by atoms with E-state index in [1.807, 2.05) is 0 Å². The maximum Gasteiger partial charge on any atom is 0.396 e. The number of unbranched alkanes of at least 4 members (excludes halogenated alkanes) is 2. The van der Waals surface area contributed by atoms with Gasteiger partial charge in [-0.15, -0.1) is 0 Å². The van der Waals surface area contributed by atoms with Gasteiger partial charge in [0.05, 0.1) is 13.2 Å². The van der Waals surface area contributed by atoms with Gasteiger partial charge in [0.1, 0.15) is 11.5 Å². The number of nitrogens with one attached hydrogen (secondary N) is 1. The lowest BCUT2D eigenvalue weighted by Crippen LogP contribution is -2.25. The first kappa shape index (κ1) is 25.5. The molecule has 0 aromatic heterocycles. The van der Waals surface area contributed by atoms with Crippen LogP contribution in [0.15, 0.2) is 42.5 Å². The second kappa shape index (κ2) is 12.4. The Morgan fingerprint density at radius 2 is 1.72 bits per heavy atom. The van der Waals surface area contributed by atoms with E-state index in [0.29, 0.717) is 24.3 Å². The van der Waals surface area contributed by atoms with Crippen LogP contribution >= 0.6 is 7.60 Å². The van der Waals surface area contributed by atoms with Crippen molar-refractivity contribution in [2.75, 3.05) is 19.8 Å². The van der Waals surface area contributed by atoms with Gasteiger partial charge in [0, 0.05) is 24.9 Å². The van der Waals surface area contributed by atoms with E-state index in [-0.39, 0.29) is 36.8 Å². The van der Waals surface area contributed by atoms with Gasteiger partial charge in [0.25, 0.3) is 5.52 Å². The van der Waals surface area contributed by atoms with Gasteiger partial charge < -0.3 is 30.1 Å². The summed E-state index contributed by atoms with van der Waals surface area (Å²) in [5.41, 5.74) is -0.242. The summed E-state index contributed by atoms with van der Waals surface area (Å²) in [6.45, 7) is 0.710. The molecule has 1 amide bonds. The Bertz CT molecular complexity index is 955. The summed E-state index contributed by atoms with van der Waals surface area (Å²) in [6.07, 6.45) is 3.07. The van der Waals surface area contributed by atoms with Gasteiger partial charge in [-0.1, -0.05) is 12.1 Å². The summed E-state index contributed by atoms with van der Waals surface area (Å²) in [5.74, 6) is 0.528. The quantitative estimate of drug-likeness (QED) is 0.223. The van der Waals surface area contributed by atoms with Crippen molar-refractivity contribution in [2.24, 2.45) is 0 Å². The van der Waals surface area contributed by atoms with E-state index in [1.54, 1.807) is 24.3 Å². The molecule has 10 heteroatoms. The van der Waals surface area contributed by atoms with Crippen molar-refractivity contribution < 1.29 is 38.9 Å². The molecular formula is C22H28NO8P. The zero-order chi connectivity index (χ0) is 23.6. The summed E-state index contributed by atoms with van der Waals surface area (Å²) in [4.78, 5) is 41.3. The molecule has 0 saturated heterocycles. The van der Waals surface area contributed by atoms with Crippen LogP contribution in [0.3, 0.4) is 0 Å². The third-order valence-electron chi connectivity index (χ3n) is 4.66. The number of aliphatic hydroxyl groups excluding tert-OH is 1. The Balaban J connectivity index is 1.81. The average molecular weight is 465 g/mol. The lowest BCUT2D eigenvalue weighted by molar-refractivity contribution is -0.121. The van der Waals surface area contributed by atoms with E-state index in [0.717, 1.165) is 24.8 Å². The molecule has 0 radical (unpaired) electrons. The fraction of sp³-hybridized carbons (Fsp3) is 0.364. The second-order valence-corrected chi connectivity index (χ2v) is 8.74. The van der Waals surface area contributed by atoms with Crippen molar-refractivity contribution in [1.29, 1.82) is 0 Å². The highest BCUT2D eigenvalue weighted by atomic mass is 31.2. The van der Waals surface area contributed by atoms with Gasteiger partial charge in [-0.3, -0.25) is 14.2 Å². The number of hydrogen-bond donors (Lipinski definition) is 5. The van der Waals surface area contributed by atoms with Crippen molar-refractivity contribution in [3.05, 3.63) is 59.2 Å². The average Bonchev–Trinajstić information content (AvgIpc) is 2.76. The molecule has 0 aliphatic heterocycles. The summed E-state index contributed by atoms with van der Waals surface area (Å²) in [5, 5.41) is 21.3. The van der Waals surface area contributed by atoms with Crippen LogP contribution in [-0.2, 0) is 15.8 Å². The second-order valence-electron chi connectivity index (χ2n) is 7.25. The Labute approximate surface area is 186 Å². The smallest absolute Gasteiger partial charge is 0.396 e. The molecule has 0 spiro atoms. The Morgan fingerprint density at radius 3 is 2.38 bits per heavy atom. The van der Waals surface area contributed by atoms with Crippen molar-refractivity contribution in [1.82, 2.24) is 5.32 Å². The molecule has 9 nitrogen and oxygen atoms in total. The molecule has 0 heterocycles. The molecule has 2 aromatic carbocycles. The monoisotopic (exact) mass is 465 g/mol. The molecule has 5 N–H and O–H groups in total. The molecule has 2 aromatic rings. The van der Waals surface area contributed by atoms with E-state index < -0.39 is 13.1 Å². The minimum atomic E-state index is -4.90. The van der Waals surface area contributed by atoms with Gasteiger partial charge in [-0.25, -0.2) is 0 Å². The van der Waals surface area contributed by atoms with Gasteiger partial charge in [0.2, 0.25) is 5.91 Å². The van der Waals surface area contributed by atoms with E-state index in [1.165, 1.54) is 18.2 Å². The summed E-state index contributed by atoms with van der Waals surface area (Å²) < 4.78 is 16.9. The van der Waals surface area contributed by atoms with Crippen LogP contribution in [0.1, 0.15) is 47.2 Å². The van der Waals surface area contributed by atoms with Gasteiger partial charge in [-0.05, 0) is 60.7 Å². The zero-order valence-corrected chi connectivity index (χ0v) is 18.5. The van der Waals surface area contributed by atoms with Crippen LogP contribution in [0.25, 0.3) is 0 Å². The number of phenolic OH excluding ortho intramolecular Hbond substituents is 1. The molecule has 0 aliphatic carbocycles. The normalized spacial score (nSPS) is 11.2. The first-order chi connectivity index (χ1) is 15.2. The van der Waals surface area contributed by atoms with Crippen LogP contribution in [-0.4, -0.2) is 51.2 Å². The molecule has 0 bridgehead atoms. The highest BCUT2D eigenvalue weighted by Gasteiger charge is 2.27. The van der Waals surface area contributed by atoms with E-state index >= 15 is 0 Å². The number of ether oxygens (including phenoxy) is 1. The molecule has 0 aliphatic rings. The largest absolute Gasteiger partial charge is 0.508 e. The van der Waals surface area contributed by atoms with Crippen LogP contribution < -0.4 is 10.1 Å². The molecule has 0 saturated carbocycles. The number of carbonyl (C=O) groups excluding carboxylic acids is 2. The number of hydrogen-bond acceptors (Lipinski definition) is 6. The first-order valence-electron chi connectivity index (χ1n) is 10.2. The maximum atomic E-state index is 11.8. The standard InChI is InChI=1S/C22H28NO8P/c24-12-11-23-21(26)4-2-1-3-13-31-19-8-5-16(6-9-19)14-18-15-17(7-10-20(18)25)22(27)32(28,29)30/h5-10,15,24-25H,1-4,11-14H2,(H,23,26)(H2,28,29,30). The predicted octanol–water partition coefficient (Wildman–Crippen LogP) is 2.35. The van der Waals surface area contributed by atoms with Gasteiger partial charge in [-0.2, -0.15) is 0 Å². The van der Waals surface area contributed by atoms with Crippen molar-refractivity contribution in [3.63, 3.8) is 0 Å². The van der Waals surface area contributed by atoms with Gasteiger partial charge >= 0.3 is 7.60 Å². The number of benzene rings is 2. The lowest BCUT2D eigenvalue weighted by Gasteiger charge is -2.10. The third kappa shape index (κ3) is 8.43. The van der Waals surface area contributed by atoms with Crippen LogP contribution in [0.4, 0.5) is 0 Å². The topological polar surface area (TPSA) is 153 Å². The molecule has 2 rings (SSSR count). The number of rotatable bonds is 13. The minimum absolute atomic E-state index is 0.0673. The number of amides is 1. The highest BCUT2D eigenvalue weighted by Crippen LogP contribution is 2.39. The minimum Gasteiger partial charge on any atom is -0.508 e.